The first-order valence-corrected chi connectivity index (χ1v) is 12.4. The monoisotopic (exact) mass is 517 g/mol. The van der Waals surface area contributed by atoms with Crippen LogP contribution in [0.3, 0.4) is 0 Å². The molecule has 192 valence electrons. The fraction of sp³-hybridized carbons (Fsp3) is 0.423. The average Bonchev–Trinajstić information content (AvgIpc) is 3.26. The van der Waals surface area contributed by atoms with Crippen LogP contribution >= 0.6 is 11.6 Å². The number of hydrogen-bond acceptors (Lipinski definition) is 5. The van der Waals surface area contributed by atoms with Crippen molar-refractivity contribution < 1.29 is 18.7 Å². The fourth-order valence-corrected chi connectivity index (χ4v) is 5.06. The summed E-state index contributed by atoms with van der Waals surface area (Å²) in [7, 11) is 0. The van der Waals surface area contributed by atoms with Gasteiger partial charge in [0, 0.05) is 36.0 Å². The molecular formula is C26H30ClF2N5O2. The topological polar surface area (TPSA) is 94.1 Å². The molecular weight excluding hydrogens is 488 g/mol. The number of benzene rings is 1. The van der Waals surface area contributed by atoms with Crippen LogP contribution in [-0.4, -0.2) is 44.2 Å². The first kappa shape index (κ1) is 26.0. The van der Waals surface area contributed by atoms with Crippen molar-refractivity contribution in [3.63, 3.8) is 0 Å². The van der Waals surface area contributed by atoms with Crippen molar-refractivity contribution in [1.29, 1.82) is 0 Å². The largest absolute Gasteiger partial charge is 0.481 e. The normalized spacial score (nSPS) is 15.7. The first-order valence-electron chi connectivity index (χ1n) is 12.0. The van der Waals surface area contributed by atoms with E-state index in [0.717, 1.165) is 5.69 Å². The maximum absolute atomic E-state index is 15.2. The molecule has 0 amide bonds. The van der Waals surface area contributed by atoms with Crippen LogP contribution in [0.25, 0.3) is 0 Å². The number of piperidine rings is 1. The van der Waals surface area contributed by atoms with Crippen molar-refractivity contribution in [3.8, 4) is 0 Å². The van der Waals surface area contributed by atoms with Crippen molar-refractivity contribution >= 4 is 29.2 Å². The molecule has 0 bridgehead atoms. The molecule has 0 aliphatic carbocycles. The van der Waals surface area contributed by atoms with E-state index in [-0.39, 0.29) is 17.3 Å². The number of hydrogen-bond donors (Lipinski definition) is 3. The number of likely N-dealkylation sites (tertiary alicyclic amines) is 1. The minimum atomic E-state index is -1.05. The number of aromatic nitrogens is 3. The summed E-state index contributed by atoms with van der Waals surface area (Å²) in [4.78, 5) is 19.1. The number of rotatable bonds is 8. The van der Waals surface area contributed by atoms with Crippen molar-refractivity contribution in [2.75, 3.05) is 18.4 Å². The third kappa shape index (κ3) is 5.22. The first-order chi connectivity index (χ1) is 17.1. The van der Waals surface area contributed by atoms with Gasteiger partial charge in [0.25, 0.3) is 0 Å². The molecule has 1 aliphatic rings. The molecule has 10 heteroatoms. The van der Waals surface area contributed by atoms with E-state index in [1.54, 1.807) is 25.1 Å². The van der Waals surface area contributed by atoms with Gasteiger partial charge in [-0.3, -0.25) is 14.8 Å². The zero-order valence-electron chi connectivity index (χ0n) is 20.6. The van der Waals surface area contributed by atoms with Crippen LogP contribution < -0.4 is 5.32 Å². The summed E-state index contributed by atoms with van der Waals surface area (Å²) in [6.45, 7) is 6.81. The van der Waals surface area contributed by atoms with Gasteiger partial charge in [-0.05, 0) is 63.4 Å². The number of H-pyrrole nitrogens is 1. The summed E-state index contributed by atoms with van der Waals surface area (Å²) >= 11 is 5.91. The molecule has 7 nitrogen and oxygen atoms in total. The number of aliphatic carboxylic acids is 1. The Kier molecular flexibility index (Phi) is 7.61. The quantitative estimate of drug-likeness (QED) is 0.362. The molecule has 0 saturated carbocycles. The zero-order chi connectivity index (χ0) is 26.0. The van der Waals surface area contributed by atoms with E-state index >= 15 is 4.39 Å². The Labute approximate surface area is 213 Å². The Morgan fingerprint density at radius 3 is 2.58 bits per heavy atom. The highest BCUT2D eigenvalue weighted by Gasteiger charge is 2.42. The second-order valence-electron chi connectivity index (χ2n) is 9.49. The van der Waals surface area contributed by atoms with E-state index in [9.17, 15) is 14.3 Å². The lowest BCUT2D eigenvalue weighted by atomic mass is 9.74. The maximum atomic E-state index is 15.2. The average molecular weight is 518 g/mol. The van der Waals surface area contributed by atoms with E-state index in [1.165, 1.54) is 6.07 Å². The highest BCUT2D eigenvalue weighted by molar-refractivity contribution is 6.30. The number of carboxylic acid groups (broad SMARTS) is 1. The fourth-order valence-electron chi connectivity index (χ4n) is 4.87. The molecule has 1 aromatic carbocycles. The summed E-state index contributed by atoms with van der Waals surface area (Å²) in [5, 5.41) is 20.2. The van der Waals surface area contributed by atoms with Gasteiger partial charge in [0.05, 0.1) is 10.4 Å². The minimum absolute atomic E-state index is 0.0355. The molecule has 1 aliphatic heterocycles. The molecule has 36 heavy (non-hydrogen) atoms. The van der Waals surface area contributed by atoms with Crippen molar-refractivity contribution in [1.82, 2.24) is 20.1 Å². The van der Waals surface area contributed by atoms with Gasteiger partial charge in [-0.25, -0.2) is 13.8 Å². The summed E-state index contributed by atoms with van der Waals surface area (Å²) in [6.07, 6.45) is 1.35. The lowest BCUT2D eigenvalue weighted by Gasteiger charge is -2.39. The van der Waals surface area contributed by atoms with Gasteiger partial charge in [0.15, 0.2) is 17.5 Å². The van der Waals surface area contributed by atoms with Gasteiger partial charge in [0.2, 0.25) is 0 Å². The molecule has 1 saturated heterocycles. The Morgan fingerprint density at radius 2 is 1.97 bits per heavy atom. The number of anilines is 2. The summed E-state index contributed by atoms with van der Waals surface area (Å²) in [5.74, 6) is -1.34. The third-order valence-electron chi connectivity index (χ3n) is 7.11. The standard InChI is InChI=1S/C26H30ClF2N5O2/c1-4-18-16(3)20(30-24(23(18)29)31-21-12-15(2)32-33-21)13-26(25(35)36)8-10-34(11-9-26)14-17-6-5-7-19(27)22(17)28/h5-7,12H,4,8-11,13-14H2,1-3H3,(H,35,36)(H2,30,31,32,33). The molecule has 2 aromatic heterocycles. The number of carbonyl (C=O) groups is 1. The van der Waals surface area contributed by atoms with E-state index in [2.05, 4.69) is 20.5 Å². The van der Waals surface area contributed by atoms with E-state index in [0.29, 0.717) is 67.1 Å². The van der Waals surface area contributed by atoms with Gasteiger partial charge in [-0.2, -0.15) is 5.10 Å². The highest BCUT2D eigenvalue weighted by Crippen LogP contribution is 2.38. The summed E-state index contributed by atoms with van der Waals surface area (Å²) in [5.41, 5.74) is 1.98. The number of nitrogens with one attached hydrogen (secondary N) is 2. The number of halogens is 3. The lowest BCUT2D eigenvalue weighted by molar-refractivity contribution is -0.152. The van der Waals surface area contributed by atoms with Crippen molar-refractivity contribution in [2.45, 2.75) is 53.0 Å². The maximum Gasteiger partial charge on any atom is 0.310 e. The van der Waals surface area contributed by atoms with E-state index in [4.69, 9.17) is 11.6 Å². The van der Waals surface area contributed by atoms with Gasteiger partial charge in [-0.15, -0.1) is 0 Å². The predicted octanol–water partition coefficient (Wildman–Crippen LogP) is 5.57. The van der Waals surface area contributed by atoms with Crippen LogP contribution in [0.1, 0.15) is 47.8 Å². The van der Waals surface area contributed by atoms with Crippen LogP contribution in [0, 0.1) is 30.9 Å². The van der Waals surface area contributed by atoms with E-state index in [1.807, 2.05) is 18.7 Å². The molecule has 4 rings (SSSR count). The smallest absolute Gasteiger partial charge is 0.310 e. The van der Waals surface area contributed by atoms with Gasteiger partial charge in [-0.1, -0.05) is 30.7 Å². The number of pyridine rings is 1. The summed E-state index contributed by atoms with van der Waals surface area (Å²) < 4.78 is 29.6. The second-order valence-corrected chi connectivity index (χ2v) is 9.90. The number of aryl methyl sites for hydroxylation is 1. The number of nitrogens with zero attached hydrogens (tertiary/aromatic N) is 3. The highest BCUT2D eigenvalue weighted by atomic mass is 35.5. The molecule has 0 atom stereocenters. The molecule has 0 radical (unpaired) electrons. The van der Waals surface area contributed by atoms with Crippen LogP contribution in [0.15, 0.2) is 24.3 Å². The van der Waals surface area contributed by atoms with Crippen molar-refractivity contribution in [3.05, 3.63) is 69.0 Å². The molecule has 1 fully saturated rings. The second kappa shape index (κ2) is 10.5. The van der Waals surface area contributed by atoms with Gasteiger partial charge >= 0.3 is 5.97 Å². The van der Waals surface area contributed by atoms with Gasteiger partial charge in [0.1, 0.15) is 5.82 Å². The Morgan fingerprint density at radius 1 is 1.25 bits per heavy atom. The van der Waals surface area contributed by atoms with E-state index < -0.39 is 23.0 Å². The SMILES string of the molecule is CCc1c(C)c(CC2(C(=O)O)CCN(Cc3cccc(Cl)c3F)CC2)nc(Nc2cc(C)[nH]n2)c1F. The number of aromatic amines is 1. The number of carboxylic acids is 1. The lowest BCUT2D eigenvalue weighted by Crippen LogP contribution is -2.45. The molecule has 0 unspecified atom stereocenters. The Hall–Kier alpha value is -3.04. The third-order valence-corrected chi connectivity index (χ3v) is 7.40. The van der Waals surface area contributed by atoms with Crippen LogP contribution in [-0.2, 0) is 24.2 Å². The molecule has 3 N–H and O–H groups in total. The zero-order valence-corrected chi connectivity index (χ0v) is 21.3. The predicted molar refractivity (Wildman–Crippen MR) is 135 cm³/mol. The van der Waals surface area contributed by atoms with Crippen LogP contribution in [0.2, 0.25) is 5.02 Å². The molecule has 3 heterocycles. The Bertz CT molecular complexity index is 1270. The van der Waals surface area contributed by atoms with Crippen molar-refractivity contribution in [2.24, 2.45) is 5.41 Å². The summed E-state index contributed by atoms with van der Waals surface area (Å²) in [6, 6.07) is 6.64. The molecule has 0 spiro atoms. The molecule has 3 aromatic rings. The van der Waals surface area contributed by atoms with Crippen LogP contribution in [0.4, 0.5) is 20.4 Å². The Balaban J connectivity index is 1.57. The van der Waals surface area contributed by atoms with Crippen LogP contribution in [0.5, 0.6) is 0 Å². The minimum Gasteiger partial charge on any atom is -0.481 e. The van der Waals surface area contributed by atoms with Gasteiger partial charge < -0.3 is 10.4 Å².